The molecule has 0 spiro atoms. The highest BCUT2D eigenvalue weighted by Gasteiger charge is 2.37. The van der Waals surface area contributed by atoms with Crippen molar-refractivity contribution >= 4 is 62.7 Å². The van der Waals surface area contributed by atoms with Crippen LogP contribution in [0.3, 0.4) is 0 Å². The number of fused-ring (bicyclic) bond motifs is 3. The van der Waals surface area contributed by atoms with Crippen molar-refractivity contribution in [2.75, 3.05) is 57.7 Å². The summed E-state index contributed by atoms with van der Waals surface area (Å²) in [5.74, 6) is 1.14. The van der Waals surface area contributed by atoms with Crippen LogP contribution in [0.5, 0.6) is 5.75 Å². The molecule has 3 heterocycles. The molecule has 0 saturated carbocycles. The highest BCUT2D eigenvalue weighted by Crippen LogP contribution is 2.35. The lowest BCUT2D eigenvalue weighted by atomic mass is 9.85. The van der Waals surface area contributed by atoms with Gasteiger partial charge in [-0.2, -0.15) is 4.36 Å². The van der Waals surface area contributed by atoms with Crippen LogP contribution < -0.4 is 25.0 Å². The average Bonchev–Trinajstić information content (AvgIpc) is 3.05. The number of aryl methyl sites for hydroxylation is 1. The Morgan fingerprint density at radius 2 is 2.09 bits per heavy atom. The third kappa shape index (κ3) is 9.44. The van der Waals surface area contributed by atoms with E-state index >= 15 is 0 Å². The lowest BCUT2D eigenvalue weighted by molar-refractivity contribution is 0.0374. The lowest BCUT2D eigenvalue weighted by Crippen LogP contribution is -2.62. The van der Waals surface area contributed by atoms with Gasteiger partial charge < -0.3 is 29.7 Å². The predicted octanol–water partition coefficient (Wildman–Crippen LogP) is 5.23. The second-order valence-electron chi connectivity index (χ2n) is 11.7. The van der Waals surface area contributed by atoms with E-state index in [0.29, 0.717) is 44.2 Å². The first-order chi connectivity index (χ1) is 22.3. The minimum atomic E-state index is -1.05. The van der Waals surface area contributed by atoms with Crippen molar-refractivity contribution in [3.05, 3.63) is 70.3 Å². The number of alkyl halides is 1. The second-order valence-corrected chi connectivity index (χ2v) is 15.3. The molecule has 1 unspecified atom stereocenters. The molecule has 0 aromatic heterocycles. The van der Waals surface area contributed by atoms with Gasteiger partial charge in [0.15, 0.2) is 0 Å². The second kappa shape index (κ2) is 17.3. The molecule has 0 radical (unpaired) electrons. The van der Waals surface area contributed by atoms with Crippen LogP contribution in [-0.2, 0) is 33.3 Å². The van der Waals surface area contributed by atoms with Gasteiger partial charge in [0.1, 0.15) is 5.75 Å². The summed E-state index contributed by atoms with van der Waals surface area (Å²) >= 11 is 8.81. The van der Waals surface area contributed by atoms with Crippen LogP contribution in [0.1, 0.15) is 40.7 Å². The SMILES string of the molecule is COCCNC(=O)NS1=NC(=O)c2ccc3c(c2)N(Cc2ccc(Cl)cc2CCCCO3)C[C@@H]2NC[C@H]2[C@@H](OC)/C=C/C[C@H](I)C1. The van der Waals surface area contributed by atoms with Crippen LogP contribution in [-0.4, -0.2) is 80.8 Å². The van der Waals surface area contributed by atoms with Crippen LogP contribution >= 0.6 is 34.2 Å². The van der Waals surface area contributed by atoms with Gasteiger partial charge in [0.25, 0.3) is 5.91 Å². The Morgan fingerprint density at radius 3 is 2.87 bits per heavy atom. The normalized spacial score (nSPS) is 26.1. The molecule has 2 aromatic carbocycles. The van der Waals surface area contributed by atoms with Crippen LogP contribution in [0.2, 0.25) is 5.02 Å². The van der Waals surface area contributed by atoms with Gasteiger partial charge in [-0.1, -0.05) is 52.4 Å². The molecule has 0 aliphatic carbocycles. The van der Waals surface area contributed by atoms with Crippen molar-refractivity contribution in [1.29, 1.82) is 0 Å². The van der Waals surface area contributed by atoms with Crippen LogP contribution in [0.15, 0.2) is 52.9 Å². The first kappa shape index (κ1) is 35.1. The maximum Gasteiger partial charge on any atom is 0.325 e. The molecule has 3 amide bonds. The molecule has 2 aromatic rings. The minimum absolute atomic E-state index is 0.0472. The number of carbonyl (C=O) groups is 2. The highest BCUT2D eigenvalue weighted by molar-refractivity contribution is 14.1. The predicted molar refractivity (Wildman–Crippen MR) is 192 cm³/mol. The Labute approximate surface area is 292 Å². The molecule has 3 aliphatic heterocycles. The topological polar surface area (TPSA) is 114 Å². The number of ether oxygens (including phenoxy) is 3. The number of amides is 3. The molecule has 46 heavy (non-hydrogen) atoms. The van der Waals surface area contributed by atoms with Crippen molar-refractivity contribution in [3.8, 4) is 5.75 Å². The van der Waals surface area contributed by atoms with Gasteiger partial charge in [0, 0.05) is 83.5 Å². The van der Waals surface area contributed by atoms with Crippen molar-refractivity contribution in [1.82, 2.24) is 15.4 Å². The van der Waals surface area contributed by atoms with Gasteiger partial charge in [-0.15, -0.1) is 0 Å². The van der Waals surface area contributed by atoms with Gasteiger partial charge in [-0.3, -0.25) is 9.52 Å². The standard InChI is InChI=1S/C33H43ClIN5O5S/c1-43-15-13-36-33(42)39-46-21-26(35)7-5-8-30(44-2)27-18-37-28(27)20-40-19-24-9-11-25(34)16-22(24)6-3-4-14-45-31-12-10-23(17-29(31)40)32(41)38-46/h5,8-12,16-17,26-28,30,37H,3-4,6-7,13-15,18-21H2,1-2H3,(H2,36,38,39,41,42)/b8-5+/t26-,27+,28-,30-,46?/m0/s1. The Balaban J connectivity index is 1.56. The Morgan fingerprint density at radius 1 is 1.22 bits per heavy atom. The molecule has 10 nitrogen and oxygen atoms in total. The van der Waals surface area contributed by atoms with E-state index in [2.05, 4.69) is 71.5 Å². The molecular weight excluding hydrogens is 741 g/mol. The fourth-order valence-electron chi connectivity index (χ4n) is 5.92. The van der Waals surface area contributed by atoms with Crippen molar-refractivity contribution in [2.45, 2.75) is 48.3 Å². The molecule has 13 heteroatoms. The smallest absolute Gasteiger partial charge is 0.325 e. The van der Waals surface area contributed by atoms with Crippen LogP contribution in [0.4, 0.5) is 10.5 Å². The summed E-state index contributed by atoms with van der Waals surface area (Å²) in [6.45, 7) is 3.48. The Kier molecular flexibility index (Phi) is 13.2. The fourth-order valence-corrected chi connectivity index (χ4v) is 8.70. The first-order valence-electron chi connectivity index (χ1n) is 15.7. The number of hydrogen-bond acceptors (Lipinski definition) is 7. The number of nitrogens with one attached hydrogen (secondary N) is 3. The van der Waals surface area contributed by atoms with Gasteiger partial charge in [0.2, 0.25) is 0 Å². The van der Waals surface area contributed by atoms with E-state index < -0.39 is 10.9 Å². The Hall–Kier alpha value is -2.23. The molecule has 3 aliphatic rings. The lowest BCUT2D eigenvalue weighted by Gasteiger charge is -2.44. The fraction of sp³-hybridized carbons (Fsp3) is 0.515. The number of nitrogens with zero attached hydrogens (tertiary/aromatic N) is 2. The summed E-state index contributed by atoms with van der Waals surface area (Å²) in [7, 11) is 2.29. The zero-order chi connectivity index (χ0) is 32.5. The van der Waals surface area contributed by atoms with Crippen LogP contribution in [0.25, 0.3) is 0 Å². The number of carbonyl (C=O) groups excluding carboxylic acids is 2. The van der Waals surface area contributed by atoms with E-state index in [-0.39, 0.29) is 33.9 Å². The van der Waals surface area contributed by atoms with Gasteiger partial charge in [0.05, 0.1) is 25.0 Å². The van der Waals surface area contributed by atoms with Crippen molar-refractivity contribution < 1.29 is 23.8 Å². The zero-order valence-electron chi connectivity index (χ0n) is 26.3. The summed E-state index contributed by atoms with van der Waals surface area (Å²) < 4.78 is 25.0. The van der Waals surface area contributed by atoms with Crippen molar-refractivity contribution in [2.24, 2.45) is 10.3 Å². The number of hydrogen-bond donors (Lipinski definition) is 3. The number of urea groups is 1. The van der Waals surface area contributed by atoms with E-state index in [9.17, 15) is 9.59 Å². The molecule has 2 bridgehead atoms. The number of rotatable bonds is 5. The van der Waals surface area contributed by atoms with E-state index in [4.69, 9.17) is 25.8 Å². The number of anilines is 1. The summed E-state index contributed by atoms with van der Waals surface area (Å²) in [5, 5.41) is 7.15. The zero-order valence-corrected chi connectivity index (χ0v) is 30.0. The number of benzene rings is 2. The van der Waals surface area contributed by atoms with Gasteiger partial charge in [-0.05, 0) is 67.1 Å². The molecule has 1 fully saturated rings. The summed E-state index contributed by atoms with van der Waals surface area (Å²) in [4.78, 5) is 28.8. The third-order valence-electron chi connectivity index (χ3n) is 8.47. The molecule has 5 rings (SSSR count). The van der Waals surface area contributed by atoms with E-state index in [0.717, 1.165) is 48.7 Å². The van der Waals surface area contributed by atoms with Gasteiger partial charge in [-0.25, -0.2) is 4.79 Å². The number of allylic oxidation sites excluding steroid dienone is 1. The average molecular weight is 784 g/mol. The van der Waals surface area contributed by atoms with E-state index in [1.54, 1.807) is 20.3 Å². The molecule has 250 valence electrons. The van der Waals surface area contributed by atoms with Crippen LogP contribution in [0, 0.1) is 5.92 Å². The molecule has 5 atom stereocenters. The highest BCUT2D eigenvalue weighted by atomic mass is 127. The summed E-state index contributed by atoms with van der Waals surface area (Å²) in [6, 6.07) is 11.5. The largest absolute Gasteiger partial charge is 0.491 e. The number of methoxy groups -OCH3 is 2. The quantitative estimate of drug-likeness (QED) is 0.165. The molecule has 3 N–H and O–H groups in total. The van der Waals surface area contributed by atoms with E-state index in [1.165, 1.54) is 11.1 Å². The monoisotopic (exact) mass is 783 g/mol. The Bertz CT molecular complexity index is 1450. The number of halogens is 2. The molecule has 1 saturated heterocycles. The van der Waals surface area contributed by atoms with Crippen molar-refractivity contribution in [3.63, 3.8) is 0 Å². The molecular formula is C33H43ClIN5O5S. The third-order valence-corrected chi connectivity index (χ3v) is 11.8. The maximum atomic E-state index is 13.8. The summed E-state index contributed by atoms with van der Waals surface area (Å²) in [5.41, 5.74) is 3.71. The first-order valence-corrected chi connectivity index (χ1v) is 18.7. The maximum absolute atomic E-state index is 13.8. The summed E-state index contributed by atoms with van der Waals surface area (Å²) in [6.07, 6.45) is 7.81. The minimum Gasteiger partial charge on any atom is -0.491 e. The van der Waals surface area contributed by atoms with Gasteiger partial charge >= 0.3 is 6.03 Å². The van der Waals surface area contributed by atoms with E-state index in [1.807, 2.05) is 18.2 Å².